The standard InChI is InChI=1S/C26H29F2N3O5/c1-29-24(33)19-13-17(23(32)30-10-9-26(28)8-5-11-31(15-26)25(34)35)12-18-21(16-6-3-2-4-7-16)20(14-27)36-22(18)19/h2-4,6-7,12-13,20-21H,5,8-11,14-15H2,1H3,(H,29,33)(H,30,32)(H,34,35)/t20-,21+,26-/m1/s1. The normalized spacial score (nSPS) is 22.9. The summed E-state index contributed by atoms with van der Waals surface area (Å²) in [5, 5.41) is 14.4. The molecule has 3 amide bonds. The number of carboxylic acid groups (broad SMARTS) is 1. The first kappa shape index (κ1) is 25.4. The quantitative estimate of drug-likeness (QED) is 0.538. The fraction of sp³-hybridized carbons (Fsp3) is 0.423. The van der Waals surface area contributed by atoms with Gasteiger partial charge in [0, 0.05) is 37.7 Å². The lowest BCUT2D eigenvalue weighted by Crippen LogP contribution is -2.48. The molecule has 0 bridgehead atoms. The monoisotopic (exact) mass is 501 g/mol. The Labute approximate surface area is 207 Å². The summed E-state index contributed by atoms with van der Waals surface area (Å²) < 4.78 is 35.0. The predicted octanol–water partition coefficient (Wildman–Crippen LogP) is 3.51. The summed E-state index contributed by atoms with van der Waals surface area (Å²) in [5.74, 6) is -1.28. The van der Waals surface area contributed by atoms with Gasteiger partial charge < -0.3 is 25.4 Å². The van der Waals surface area contributed by atoms with Crippen LogP contribution in [-0.2, 0) is 0 Å². The summed E-state index contributed by atoms with van der Waals surface area (Å²) >= 11 is 0. The van der Waals surface area contributed by atoms with Crippen molar-refractivity contribution in [3.05, 3.63) is 64.7 Å². The van der Waals surface area contributed by atoms with Gasteiger partial charge in [-0.25, -0.2) is 13.6 Å². The van der Waals surface area contributed by atoms with Crippen molar-refractivity contribution < 1.29 is 33.0 Å². The number of nitrogens with one attached hydrogen (secondary N) is 2. The molecule has 2 aromatic rings. The molecule has 0 unspecified atom stereocenters. The zero-order valence-corrected chi connectivity index (χ0v) is 19.9. The molecular formula is C26H29F2N3O5. The third-order valence-electron chi connectivity index (χ3n) is 6.79. The van der Waals surface area contributed by atoms with Crippen molar-refractivity contribution in [3.8, 4) is 5.75 Å². The van der Waals surface area contributed by atoms with Crippen LogP contribution in [0, 0.1) is 0 Å². The van der Waals surface area contributed by atoms with Gasteiger partial charge in [-0.3, -0.25) is 9.59 Å². The summed E-state index contributed by atoms with van der Waals surface area (Å²) in [6, 6.07) is 12.1. The van der Waals surface area contributed by atoms with Gasteiger partial charge in [-0.1, -0.05) is 30.3 Å². The fourth-order valence-corrected chi connectivity index (χ4v) is 5.00. The van der Waals surface area contributed by atoms with Gasteiger partial charge in [0.15, 0.2) is 0 Å². The smallest absolute Gasteiger partial charge is 0.407 e. The number of alkyl halides is 2. The number of rotatable bonds is 7. The Kier molecular flexibility index (Phi) is 7.42. The minimum absolute atomic E-state index is 0.0130. The molecule has 3 atom stereocenters. The number of benzene rings is 2. The highest BCUT2D eigenvalue weighted by atomic mass is 19.1. The first-order valence-electron chi connectivity index (χ1n) is 11.9. The topological polar surface area (TPSA) is 108 Å². The number of hydrogen-bond donors (Lipinski definition) is 3. The van der Waals surface area contributed by atoms with E-state index in [1.54, 1.807) is 6.07 Å². The van der Waals surface area contributed by atoms with E-state index in [1.165, 1.54) is 13.1 Å². The van der Waals surface area contributed by atoms with Crippen molar-refractivity contribution in [3.63, 3.8) is 0 Å². The Balaban J connectivity index is 1.57. The second-order valence-corrected chi connectivity index (χ2v) is 9.18. The van der Waals surface area contributed by atoms with Crippen LogP contribution in [0.4, 0.5) is 13.6 Å². The van der Waals surface area contributed by atoms with Crippen LogP contribution in [0.2, 0.25) is 0 Å². The predicted molar refractivity (Wildman–Crippen MR) is 128 cm³/mol. The van der Waals surface area contributed by atoms with Gasteiger partial charge in [-0.05, 0) is 30.5 Å². The number of halogens is 2. The van der Waals surface area contributed by atoms with Crippen LogP contribution in [0.15, 0.2) is 42.5 Å². The Morgan fingerprint density at radius 3 is 2.61 bits per heavy atom. The molecule has 8 nitrogen and oxygen atoms in total. The summed E-state index contributed by atoms with van der Waals surface area (Å²) in [7, 11) is 1.45. The van der Waals surface area contributed by atoms with Crippen molar-refractivity contribution in [2.45, 2.75) is 37.0 Å². The molecule has 192 valence electrons. The van der Waals surface area contributed by atoms with Crippen molar-refractivity contribution in [1.29, 1.82) is 0 Å². The third kappa shape index (κ3) is 5.12. The molecular weight excluding hydrogens is 472 g/mol. The number of likely N-dealkylation sites (tertiary alicyclic amines) is 1. The minimum Gasteiger partial charge on any atom is -0.486 e. The average Bonchev–Trinajstić information content (AvgIpc) is 3.26. The number of carbonyl (C=O) groups excluding carboxylic acids is 2. The Morgan fingerprint density at radius 2 is 1.94 bits per heavy atom. The molecule has 0 spiro atoms. The number of amides is 3. The van der Waals surface area contributed by atoms with E-state index in [1.807, 2.05) is 30.3 Å². The van der Waals surface area contributed by atoms with Crippen LogP contribution < -0.4 is 15.4 Å². The van der Waals surface area contributed by atoms with E-state index in [4.69, 9.17) is 9.84 Å². The Morgan fingerprint density at radius 1 is 1.19 bits per heavy atom. The molecule has 2 aliphatic rings. The summed E-state index contributed by atoms with van der Waals surface area (Å²) in [6.45, 7) is -0.746. The SMILES string of the molecule is CNC(=O)c1cc(C(=O)NCC[C@]2(F)CCCN(C(=O)O)C2)cc2c1O[C@H](CF)[C@H]2c1ccccc1. The van der Waals surface area contributed by atoms with Gasteiger partial charge in [0.25, 0.3) is 11.8 Å². The molecule has 4 rings (SSSR count). The summed E-state index contributed by atoms with van der Waals surface area (Å²) in [4.78, 5) is 37.9. The maximum atomic E-state index is 15.2. The van der Waals surface area contributed by atoms with Crippen molar-refractivity contribution in [2.75, 3.05) is 33.4 Å². The van der Waals surface area contributed by atoms with E-state index < -0.39 is 42.3 Å². The molecule has 0 saturated carbocycles. The molecule has 3 N–H and O–H groups in total. The molecule has 2 aliphatic heterocycles. The molecule has 10 heteroatoms. The van der Waals surface area contributed by atoms with E-state index >= 15 is 4.39 Å². The van der Waals surface area contributed by atoms with Crippen LogP contribution >= 0.6 is 0 Å². The second kappa shape index (κ2) is 10.5. The van der Waals surface area contributed by atoms with Gasteiger partial charge in [0.2, 0.25) is 0 Å². The molecule has 1 saturated heterocycles. The average molecular weight is 502 g/mol. The van der Waals surface area contributed by atoms with E-state index in [0.717, 1.165) is 10.5 Å². The summed E-state index contributed by atoms with van der Waals surface area (Å²) in [6.07, 6.45) is -1.43. The largest absolute Gasteiger partial charge is 0.486 e. The maximum absolute atomic E-state index is 15.2. The van der Waals surface area contributed by atoms with Crippen LogP contribution in [-0.4, -0.2) is 73.0 Å². The molecule has 0 radical (unpaired) electrons. The second-order valence-electron chi connectivity index (χ2n) is 9.18. The van der Waals surface area contributed by atoms with Crippen LogP contribution in [0.3, 0.4) is 0 Å². The fourth-order valence-electron chi connectivity index (χ4n) is 5.00. The van der Waals surface area contributed by atoms with E-state index in [-0.39, 0.29) is 49.4 Å². The van der Waals surface area contributed by atoms with Crippen LogP contribution in [0.1, 0.15) is 57.0 Å². The molecule has 0 aromatic heterocycles. The Hall–Kier alpha value is -3.69. The van der Waals surface area contributed by atoms with Crippen molar-refractivity contribution in [2.24, 2.45) is 0 Å². The van der Waals surface area contributed by atoms with Gasteiger partial charge in [-0.2, -0.15) is 0 Å². The summed E-state index contributed by atoms with van der Waals surface area (Å²) in [5.41, 5.74) is -0.126. The van der Waals surface area contributed by atoms with E-state index in [0.29, 0.717) is 12.0 Å². The maximum Gasteiger partial charge on any atom is 0.407 e. The van der Waals surface area contributed by atoms with Crippen LogP contribution in [0.25, 0.3) is 0 Å². The number of carbonyl (C=O) groups is 3. The van der Waals surface area contributed by atoms with Gasteiger partial charge in [0.1, 0.15) is 24.2 Å². The number of hydrogen-bond acceptors (Lipinski definition) is 4. The first-order chi connectivity index (χ1) is 17.3. The van der Waals surface area contributed by atoms with Gasteiger partial charge >= 0.3 is 6.09 Å². The highest BCUT2D eigenvalue weighted by Crippen LogP contribution is 2.45. The zero-order valence-electron chi connectivity index (χ0n) is 19.9. The van der Waals surface area contributed by atoms with Crippen molar-refractivity contribution >= 4 is 17.9 Å². The van der Waals surface area contributed by atoms with Crippen molar-refractivity contribution in [1.82, 2.24) is 15.5 Å². The number of ether oxygens (including phenoxy) is 1. The highest BCUT2D eigenvalue weighted by Gasteiger charge is 2.40. The number of nitrogens with zero attached hydrogens (tertiary/aromatic N) is 1. The Bertz CT molecular complexity index is 1150. The highest BCUT2D eigenvalue weighted by molar-refractivity contribution is 6.02. The van der Waals surface area contributed by atoms with Gasteiger partial charge in [-0.15, -0.1) is 0 Å². The minimum atomic E-state index is -1.73. The molecule has 2 aromatic carbocycles. The first-order valence-corrected chi connectivity index (χ1v) is 11.9. The van der Waals surface area contributed by atoms with Gasteiger partial charge in [0.05, 0.1) is 18.0 Å². The van der Waals surface area contributed by atoms with Crippen LogP contribution in [0.5, 0.6) is 5.75 Å². The molecule has 2 heterocycles. The lowest BCUT2D eigenvalue weighted by molar-refractivity contribution is 0.0391. The number of piperidine rings is 1. The van der Waals surface area contributed by atoms with E-state index in [9.17, 15) is 18.8 Å². The lowest BCUT2D eigenvalue weighted by Gasteiger charge is -2.35. The molecule has 36 heavy (non-hydrogen) atoms. The lowest BCUT2D eigenvalue weighted by atomic mass is 9.86. The molecule has 1 fully saturated rings. The third-order valence-corrected chi connectivity index (χ3v) is 6.79. The number of fused-ring (bicyclic) bond motifs is 1. The van der Waals surface area contributed by atoms with E-state index in [2.05, 4.69) is 10.6 Å². The zero-order chi connectivity index (χ0) is 25.9. The molecule has 0 aliphatic carbocycles.